The minimum Gasteiger partial charge on any atom is -0.356 e. The Kier molecular flexibility index (Phi) is 9.01. The average molecular weight is 361 g/mol. The van der Waals surface area contributed by atoms with Crippen molar-refractivity contribution in [3.05, 3.63) is 35.6 Å². The molecule has 0 spiro atoms. The Morgan fingerprint density at radius 1 is 1.39 bits per heavy atom. The van der Waals surface area contributed by atoms with Gasteiger partial charge in [-0.15, -0.1) is 30.4 Å². The largest absolute Gasteiger partial charge is 0.356 e. The number of aliphatic imine (C=N–C) groups is 1. The third-order valence-electron chi connectivity index (χ3n) is 2.23. The summed E-state index contributed by atoms with van der Waals surface area (Å²) >= 11 is 0. The van der Waals surface area contributed by atoms with Crippen molar-refractivity contribution in [3.63, 3.8) is 0 Å². The summed E-state index contributed by atoms with van der Waals surface area (Å²) in [6, 6.07) is 6.74. The molecule has 0 aliphatic carbocycles. The molecule has 0 saturated heterocycles. The first-order chi connectivity index (χ1) is 8.27. The lowest BCUT2D eigenvalue weighted by atomic mass is 10.1. The number of nitrogens with one attached hydrogen (secondary N) is 2. The van der Waals surface area contributed by atoms with E-state index in [2.05, 4.69) is 21.5 Å². The van der Waals surface area contributed by atoms with Crippen LogP contribution in [0.3, 0.4) is 0 Å². The molecule has 0 atom stereocenters. The van der Waals surface area contributed by atoms with Crippen LogP contribution in [0.15, 0.2) is 29.3 Å². The molecule has 0 bridgehead atoms. The first-order valence-electron chi connectivity index (χ1n) is 5.39. The fraction of sp³-hybridized carbons (Fsp3) is 0.308. The van der Waals surface area contributed by atoms with Crippen molar-refractivity contribution in [2.24, 2.45) is 4.99 Å². The van der Waals surface area contributed by atoms with E-state index < -0.39 is 0 Å². The van der Waals surface area contributed by atoms with E-state index in [-0.39, 0.29) is 29.8 Å². The quantitative estimate of drug-likeness (QED) is 0.371. The third kappa shape index (κ3) is 5.87. The molecule has 5 heteroatoms. The van der Waals surface area contributed by atoms with E-state index >= 15 is 0 Å². The van der Waals surface area contributed by atoms with Crippen molar-refractivity contribution in [2.75, 3.05) is 20.1 Å². The summed E-state index contributed by atoms with van der Waals surface area (Å²) in [4.78, 5) is 3.98. The van der Waals surface area contributed by atoms with Crippen LogP contribution >= 0.6 is 24.0 Å². The Hall–Kier alpha value is -1.29. The second-order valence-corrected chi connectivity index (χ2v) is 3.40. The molecule has 0 heterocycles. The molecule has 0 aliphatic rings. The number of benzene rings is 1. The summed E-state index contributed by atoms with van der Waals surface area (Å²) < 4.78 is 13.3. The van der Waals surface area contributed by atoms with E-state index in [4.69, 9.17) is 6.42 Å². The lowest BCUT2D eigenvalue weighted by Crippen LogP contribution is -2.38. The van der Waals surface area contributed by atoms with Crippen LogP contribution in [0.4, 0.5) is 4.39 Å². The minimum atomic E-state index is -0.180. The molecule has 18 heavy (non-hydrogen) atoms. The van der Waals surface area contributed by atoms with Gasteiger partial charge in [0.15, 0.2) is 5.96 Å². The molecule has 2 N–H and O–H groups in total. The van der Waals surface area contributed by atoms with E-state index in [9.17, 15) is 4.39 Å². The number of hydrogen-bond acceptors (Lipinski definition) is 1. The van der Waals surface area contributed by atoms with E-state index in [0.717, 1.165) is 0 Å². The van der Waals surface area contributed by atoms with Gasteiger partial charge in [0.2, 0.25) is 0 Å². The lowest BCUT2D eigenvalue weighted by molar-refractivity contribution is 0.607. The second kappa shape index (κ2) is 9.71. The van der Waals surface area contributed by atoms with Crippen molar-refractivity contribution in [2.45, 2.75) is 6.42 Å². The zero-order chi connectivity index (χ0) is 12.5. The van der Waals surface area contributed by atoms with Crippen LogP contribution in [0, 0.1) is 18.2 Å². The summed E-state index contributed by atoms with van der Waals surface area (Å²) in [6.07, 6.45) is 5.73. The summed E-state index contributed by atoms with van der Waals surface area (Å²) in [7, 11) is 1.66. The van der Waals surface area contributed by atoms with Crippen molar-refractivity contribution in [3.8, 4) is 12.3 Å². The minimum absolute atomic E-state index is 0. The highest BCUT2D eigenvalue weighted by molar-refractivity contribution is 14.0. The van der Waals surface area contributed by atoms with Crippen LogP contribution in [0.1, 0.15) is 5.56 Å². The third-order valence-corrected chi connectivity index (χ3v) is 2.23. The fourth-order valence-electron chi connectivity index (χ4n) is 1.37. The van der Waals surface area contributed by atoms with Gasteiger partial charge in [0.25, 0.3) is 0 Å². The van der Waals surface area contributed by atoms with Gasteiger partial charge in [0.1, 0.15) is 5.82 Å². The van der Waals surface area contributed by atoms with Crippen LogP contribution in [-0.2, 0) is 6.42 Å². The number of nitrogens with zero attached hydrogens (tertiary/aromatic N) is 1. The van der Waals surface area contributed by atoms with Gasteiger partial charge in [-0.1, -0.05) is 24.1 Å². The standard InChI is InChI=1S/C13H16FN3.HI/c1-3-9-16-13(15-2)17-10-8-11-6-4-5-7-12(11)14;/h1,4-7H,8-10H2,2H3,(H2,15,16,17);1H. The topological polar surface area (TPSA) is 36.4 Å². The van der Waals surface area contributed by atoms with Crippen molar-refractivity contribution in [1.82, 2.24) is 10.6 Å². The summed E-state index contributed by atoms with van der Waals surface area (Å²) in [5, 5.41) is 5.99. The molecular weight excluding hydrogens is 344 g/mol. The number of hydrogen-bond donors (Lipinski definition) is 2. The van der Waals surface area contributed by atoms with Gasteiger partial charge in [-0.05, 0) is 18.1 Å². The Morgan fingerprint density at radius 2 is 2.11 bits per heavy atom. The van der Waals surface area contributed by atoms with Crippen molar-refractivity contribution in [1.29, 1.82) is 0 Å². The molecule has 1 aromatic carbocycles. The Balaban J connectivity index is 0.00000289. The zero-order valence-corrected chi connectivity index (χ0v) is 12.6. The van der Waals surface area contributed by atoms with Crippen molar-refractivity contribution < 1.29 is 4.39 Å². The predicted molar refractivity (Wildman–Crippen MR) is 83.7 cm³/mol. The maximum absolute atomic E-state index is 13.3. The summed E-state index contributed by atoms with van der Waals surface area (Å²) in [5.41, 5.74) is 0.687. The summed E-state index contributed by atoms with van der Waals surface area (Å²) in [6.45, 7) is 1.02. The fourth-order valence-corrected chi connectivity index (χ4v) is 1.37. The van der Waals surface area contributed by atoms with Gasteiger partial charge < -0.3 is 10.6 Å². The van der Waals surface area contributed by atoms with Gasteiger partial charge in [-0.2, -0.15) is 0 Å². The first-order valence-corrected chi connectivity index (χ1v) is 5.39. The summed E-state index contributed by atoms with van der Waals surface area (Å²) in [5.74, 6) is 2.90. The first kappa shape index (κ1) is 16.7. The van der Waals surface area contributed by atoms with Gasteiger partial charge in [-0.3, -0.25) is 4.99 Å². The normalized spacial score (nSPS) is 10.2. The Morgan fingerprint density at radius 3 is 2.72 bits per heavy atom. The SMILES string of the molecule is C#CCNC(=NC)NCCc1ccccc1F.I. The number of guanidine groups is 1. The van der Waals surface area contributed by atoms with Crippen molar-refractivity contribution >= 4 is 29.9 Å². The molecule has 0 aromatic heterocycles. The maximum atomic E-state index is 13.3. The molecule has 98 valence electrons. The van der Waals surface area contributed by atoms with Gasteiger partial charge >= 0.3 is 0 Å². The van der Waals surface area contributed by atoms with E-state index in [1.54, 1.807) is 19.2 Å². The molecule has 1 rings (SSSR count). The number of terminal acetylenes is 1. The van der Waals surface area contributed by atoms with Gasteiger partial charge in [0, 0.05) is 13.6 Å². The molecule has 0 aliphatic heterocycles. The van der Waals surface area contributed by atoms with Gasteiger partial charge in [0.05, 0.1) is 6.54 Å². The highest BCUT2D eigenvalue weighted by atomic mass is 127. The lowest BCUT2D eigenvalue weighted by Gasteiger charge is -2.10. The maximum Gasteiger partial charge on any atom is 0.191 e. The predicted octanol–water partition coefficient (Wildman–Crippen LogP) is 1.78. The number of halogens is 2. The van der Waals surface area contributed by atoms with Crippen LogP contribution in [0.2, 0.25) is 0 Å². The molecule has 3 nitrogen and oxygen atoms in total. The number of rotatable bonds is 4. The van der Waals surface area contributed by atoms with E-state index in [1.165, 1.54) is 6.07 Å². The van der Waals surface area contributed by atoms with Crippen LogP contribution in [-0.4, -0.2) is 26.1 Å². The zero-order valence-electron chi connectivity index (χ0n) is 10.2. The smallest absolute Gasteiger partial charge is 0.191 e. The molecule has 0 radical (unpaired) electrons. The molecule has 0 fully saturated rings. The van der Waals surface area contributed by atoms with Crippen LogP contribution < -0.4 is 10.6 Å². The molecule has 1 aromatic rings. The van der Waals surface area contributed by atoms with E-state index in [0.29, 0.717) is 31.0 Å². The monoisotopic (exact) mass is 361 g/mol. The highest BCUT2D eigenvalue weighted by Crippen LogP contribution is 2.05. The molecular formula is C13H17FIN3. The van der Waals surface area contributed by atoms with E-state index in [1.807, 2.05) is 6.07 Å². The second-order valence-electron chi connectivity index (χ2n) is 3.40. The Labute approximate surface area is 124 Å². The van der Waals surface area contributed by atoms with Gasteiger partial charge in [-0.25, -0.2) is 4.39 Å². The Bertz CT molecular complexity index is 426. The molecule has 0 saturated carbocycles. The molecule has 0 amide bonds. The van der Waals surface area contributed by atoms with Crippen LogP contribution in [0.5, 0.6) is 0 Å². The van der Waals surface area contributed by atoms with Crippen LogP contribution in [0.25, 0.3) is 0 Å². The average Bonchev–Trinajstić information content (AvgIpc) is 2.35. The molecule has 0 unspecified atom stereocenters. The highest BCUT2D eigenvalue weighted by Gasteiger charge is 2.00.